The molecule has 0 aliphatic carbocycles. The van der Waals surface area contributed by atoms with Crippen molar-refractivity contribution in [1.29, 1.82) is 0 Å². The summed E-state index contributed by atoms with van der Waals surface area (Å²) in [4.78, 5) is 0. The third kappa shape index (κ3) is 2.96. The van der Waals surface area contributed by atoms with E-state index in [1.807, 2.05) is 0 Å². The number of nitrogens with zero attached hydrogens (tertiary/aromatic N) is 1. The summed E-state index contributed by atoms with van der Waals surface area (Å²) in [5, 5.41) is 2.58. The van der Waals surface area contributed by atoms with E-state index in [2.05, 4.69) is 78.4 Å². The van der Waals surface area contributed by atoms with Crippen LogP contribution in [0.4, 0.5) is 11.4 Å². The fraction of sp³-hybridized carbons (Fsp3) is 0.250. The SMILES string of the molecule is C[CH2][Al]([CH2]C)[N](c1ccccc1)c1ccccc1. The molecule has 0 aliphatic rings. The lowest BCUT2D eigenvalue weighted by molar-refractivity contribution is 1.23. The van der Waals surface area contributed by atoms with Gasteiger partial charge in [-0.3, -0.25) is 0 Å². The van der Waals surface area contributed by atoms with E-state index in [4.69, 9.17) is 0 Å². The van der Waals surface area contributed by atoms with Crippen LogP contribution in [0.1, 0.15) is 13.8 Å². The second-order valence-corrected chi connectivity index (χ2v) is 7.97. The van der Waals surface area contributed by atoms with Gasteiger partial charge in [-0.15, -0.1) is 0 Å². The minimum Gasteiger partial charge on any atom is -0.434 e. The highest BCUT2D eigenvalue weighted by Crippen LogP contribution is 2.28. The van der Waals surface area contributed by atoms with Crippen molar-refractivity contribution in [3.63, 3.8) is 0 Å². The summed E-state index contributed by atoms with van der Waals surface area (Å²) in [6.45, 7) is 4.64. The van der Waals surface area contributed by atoms with Crippen molar-refractivity contribution in [1.82, 2.24) is 0 Å². The Morgan fingerprint density at radius 2 is 1.11 bits per heavy atom. The zero-order chi connectivity index (χ0) is 12.8. The first-order chi connectivity index (χ1) is 8.86. The molecule has 2 heteroatoms. The minimum absolute atomic E-state index is 0.927. The van der Waals surface area contributed by atoms with E-state index >= 15 is 0 Å². The van der Waals surface area contributed by atoms with Crippen molar-refractivity contribution < 1.29 is 0 Å². The maximum Gasteiger partial charge on any atom is 0.418 e. The van der Waals surface area contributed by atoms with E-state index in [1.165, 1.54) is 21.9 Å². The number of anilines is 2. The molecule has 0 saturated carbocycles. The fourth-order valence-corrected chi connectivity index (χ4v) is 4.90. The van der Waals surface area contributed by atoms with Gasteiger partial charge in [-0.25, -0.2) is 0 Å². The van der Waals surface area contributed by atoms with E-state index in [-0.39, 0.29) is 0 Å². The van der Waals surface area contributed by atoms with Gasteiger partial charge < -0.3 is 3.88 Å². The van der Waals surface area contributed by atoms with Gasteiger partial charge in [0.25, 0.3) is 0 Å². The molecule has 2 aromatic rings. The topological polar surface area (TPSA) is 3.24 Å². The van der Waals surface area contributed by atoms with Gasteiger partial charge in [0.2, 0.25) is 0 Å². The van der Waals surface area contributed by atoms with Gasteiger partial charge in [-0.2, -0.15) is 0 Å². The maximum absolute atomic E-state index is 2.58. The van der Waals surface area contributed by atoms with Gasteiger partial charge >= 0.3 is 14.4 Å². The highest BCUT2D eigenvalue weighted by Gasteiger charge is 2.24. The zero-order valence-electron chi connectivity index (χ0n) is 11.2. The standard InChI is InChI=1S/C12H10N.2C2H5.Al/c1-3-7-11(8-4-1)13-12-9-5-2-6-10-12;2*1-2;/h1-10H;2*1H2,2H3;/q-1;;;+1. The Bertz CT molecular complexity index is 412. The van der Waals surface area contributed by atoms with Crippen LogP contribution in [0.25, 0.3) is 0 Å². The van der Waals surface area contributed by atoms with Gasteiger partial charge in [0, 0.05) is 11.4 Å². The predicted octanol–water partition coefficient (Wildman–Crippen LogP) is 4.86. The normalized spacial score (nSPS) is 10.1. The fourth-order valence-electron chi connectivity index (χ4n) is 2.40. The lowest BCUT2D eigenvalue weighted by atomic mass is 10.3. The Labute approximate surface area is 115 Å². The molecule has 0 spiro atoms. The summed E-state index contributed by atoms with van der Waals surface area (Å²) in [7, 11) is 0. The Kier molecular flexibility index (Phi) is 4.87. The zero-order valence-corrected chi connectivity index (χ0v) is 12.4. The van der Waals surface area contributed by atoms with E-state index < -0.39 is 14.4 Å². The molecule has 0 aromatic heterocycles. The molecule has 0 amide bonds. The number of rotatable bonds is 5. The largest absolute Gasteiger partial charge is 0.434 e. The maximum atomic E-state index is 2.58. The van der Waals surface area contributed by atoms with Crippen LogP contribution in [0.5, 0.6) is 0 Å². The molecule has 92 valence electrons. The average Bonchev–Trinajstić information content (AvgIpc) is 2.46. The van der Waals surface area contributed by atoms with Crippen LogP contribution in [0.3, 0.4) is 0 Å². The van der Waals surface area contributed by atoms with Crippen molar-refractivity contribution in [2.24, 2.45) is 0 Å². The summed E-state index contributed by atoms with van der Waals surface area (Å²) < 4.78 is 2.58. The summed E-state index contributed by atoms with van der Waals surface area (Å²) in [5.41, 5.74) is 2.67. The molecule has 0 saturated heterocycles. The number of para-hydroxylation sites is 2. The predicted molar refractivity (Wildman–Crippen MR) is 81.7 cm³/mol. The van der Waals surface area contributed by atoms with Crippen LogP contribution >= 0.6 is 0 Å². The lowest BCUT2D eigenvalue weighted by Crippen LogP contribution is -2.34. The molecule has 0 aliphatic heterocycles. The molecule has 2 aromatic carbocycles. The number of benzene rings is 2. The molecule has 0 unspecified atom stereocenters. The van der Waals surface area contributed by atoms with Crippen LogP contribution in [-0.4, -0.2) is 14.4 Å². The Balaban J connectivity index is 2.41. The van der Waals surface area contributed by atoms with Crippen molar-refractivity contribution in [2.45, 2.75) is 24.4 Å². The van der Waals surface area contributed by atoms with Gasteiger partial charge in [0.1, 0.15) is 0 Å². The van der Waals surface area contributed by atoms with Crippen molar-refractivity contribution in [3.05, 3.63) is 60.7 Å². The first kappa shape index (κ1) is 13.2. The molecule has 0 radical (unpaired) electrons. The van der Waals surface area contributed by atoms with Crippen LogP contribution in [0.15, 0.2) is 60.7 Å². The van der Waals surface area contributed by atoms with E-state index in [1.54, 1.807) is 0 Å². The smallest absolute Gasteiger partial charge is 0.418 e. The van der Waals surface area contributed by atoms with Gasteiger partial charge in [0.05, 0.1) is 0 Å². The van der Waals surface area contributed by atoms with Gasteiger partial charge in [0.15, 0.2) is 0 Å². The number of hydrogen-bond donors (Lipinski definition) is 0. The quantitative estimate of drug-likeness (QED) is 0.688. The molecule has 0 fully saturated rings. The highest BCUT2D eigenvalue weighted by molar-refractivity contribution is 6.64. The van der Waals surface area contributed by atoms with Gasteiger partial charge in [-0.05, 0) is 24.3 Å². The highest BCUT2D eigenvalue weighted by atomic mass is 27.2. The molecular weight excluding hydrogens is 233 g/mol. The first-order valence-electron chi connectivity index (χ1n) is 6.76. The summed E-state index contributed by atoms with van der Waals surface area (Å²) >= 11 is -0.927. The molecule has 0 heterocycles. The molecule has 18 heavy (non-hydrogen) atoms. The second kappa shape index (κ2) is 6.64. The van der Waals surface area contributed by atoms with Crippen LogP contribution in [0.2, 0.25) is 10.6 Å². The van der Waals surface area contributed by atoms with Crippen molar-refractivity contribution in [2.75, 3.05) is 3.88 Å². The Morgan fingerprint density at radius 3 is 1.44 bits per heavy atom. The van der Waals surface area contributed by atoms with Crippen LogP contribution < -0.4 is 3.88 Å². The lowest BCUT2D eigenvalue weighted by Gasteiger charge is -2.30. The molecule has 1 nitrogen and oxygen atoms in total. The first-order valence-corrected chi connectivity index (χ1v) is 8.91. The molecule has 0 N–H and O–H groups in total. The van der Waals surface area contributed by atoms with Crippen molar-refractivity contribution >= 4 is 25.7 Å². The Hall–Kier alpha value is -1.23. The van der Waals surface area contributed by atoms with E-state index in [0.717, 1.165) is 0 Å². The van der Waals surface area contributed by atoms with E-state index in [0.29, 0.717) is 0 Å². The number of hydrogen-bond acceptors (Lipinski definition) is 1. The minimum atomic E-state index is -0.927. The summed E-state index contributed by atoms with van der Waals surface area (Å²) in [6.07, 6.45) is 0. The van der Waals surface area contributed by atoms with Crippen molar-refractivity contribution in [3.8, 4) is 0 Å². The average molecular weight is 253 g/mol. The monoisotopic (exact) mass is 253 g/mol. The van der Waals surface area contributed by atoms with E-state index in [9.17, 15) is 0 Å². The molecule has 2 rings (SSSR count). The van der Waals surface area contributed by atoms with Crippen LogP contribution in [-0.2, 0) is 0 Å². The summed E-state index contributed by atoms with van der Waals surface area (Å²) in [5.74, 6) is 0. The Morgan fingerprint density at radius 1 is 0.722 bits per heavy atom. The molecule has 0 bridgehead atoms. The summed E-state index contributed by atoms with van der Waals surface area (Å²) in [6, 6.07) is 21.6. The van der Waals surface area contributed by atoms with Crippen LogP contribution in [0, 0.1) is 0 Å². The molecular formula is C16H20AlN. The second-order valence-electron chi connectivity index (χ2n) is 4.51. The third-order valence-corrected chi connectivity index (χ3v) is 6.59. The third-order valence-electron chi connectivity index (χ3n) is 3.38. The van der Waals surface area contributed by atoms with Gasteiger partial charge in [-0.1, -0.05) is 60.8 Å². The molecule has 0 atom stereocenters.